The molecule has 156 valence electrons. The highest BCUT2D eigenvalue weighted by molar-refractivity contribution is 5.78. The summed E-state index contributed by atoms with van der Waals surface area (Å²) in [6.45, 7) is 10.8. The Kier molecular flexibility index (Phi) is 7.11. The number of alkyl halides is 1. The minimum absolute atomic E-state index is 0.120. The lowest BCUT2D eigenvalue weighted by Gasteiger charge is -2.50. The Morgan fingerprint density at radius 2 is 1.85 bits per heavy atom. The number of carbonyl (C=O) groups is 1. The molecule has 4 unspecified atom stereocenters. The van der Waals surface area contributed by atoms with Crippen molar-refractivity contribution in [3.05, 3.63) is 0 Å². The Hall–Kier alpha value is -0.760. The number of carbonyl (C=O) groups excluding carboxylic acids is 1. The number of likely N-dealkylation sites (tertiary alicyclic amines) is 2. The maximum Gasteiger partial charge on any atom is 0.236 e. The van der Waals surface area contributed by atoms with Crippen LogP contribution in [0, 0.1) is 5.92 Å². The summed E-state index contributed by atoms with van der Waals surface area (Å²) in [5, 5.41) is 0. The molecule has 0 aromatic heterocycles. The molecule has 3 saturated heterocycles. The van der Waals surface area contributed by atoms with Crippen LogP contribution in [0.1, 0.15) is 33.1 Å². The van der Waals surface area contributed by atoms with Crippen molar-refractivity contribution in [3.8, 4) is 0 Å². The van der Waals surface area contributed by atoms with E-state index in [-0.39, 0.29) is 24.0 Å². The first-order chi connectivity index (χ1) is 12.9. The third kappa shape index (κ3) is 4.63. The van der Waals surface area contributed by atoms with Crippen LogP contribution in [0.15, 0.2) is 0 Å². The van der Waals surface area contributed by atoms with E-state index in [0.29, 0.717) is 19.0 Å². The quantitative estimate of drug-likeness (QED) is 0.754. The summed E-state index contributed by atoms with van der Waals surface area (Å²) in [7, 11) is 1.88. The van der Waals surface area contributed by atoms with Gasteiger partial charge in [-0.25, -0.2) is 4.39 Å². The van der Waals surface area contributed by atoms with Crippen LogP contribution in [-0.4, -0.2) is 109 Å². The number of amides is 1. The van der Waals surface area contributed by atoms with Gasteiger partial charge in [0.25, 0.3) is 0 Å². The summed E-state index contributed by atoms with van der Waals surface area (Å²) in [6.07, 6.45) is 2.26. The molecule has 0 aromatic rings. The molecule has 0 aromatic carbocycles. The first kappa shape index (κ1) is 21.0. The Bertz CT molecular complexity index is 499. The molecule has 3 rings (SSSR count). The largest absolute Gasteiger partial charge is 0.343 e. The maximum atomic E-state index is 15.0. The number of nitrogens with zero attached hydrogens (tertiary/aromatic N) is 4. The van der Waals surface area contributed by atoms with Crippen molar-refractivity contribution in [2.24, 2.45) is 11.7 Å². The van der Waals surface area contributed by atoms with E-state index in [4.69, 9.17) is 5.73 Å². The number of hydrogen-bond acceptors (Lipinski definition) is 5. The van der Waals surface area contributed by atoms with Gasteiger partial charge in [-0.05, 0) is 44.8 Å². The zero-order valence-corrected chi connectivity index (χ0v) is 17.3. The molecule has 0 spiro atoms. The molecule has 3 aliphatic heterocycles. The fourth-order valence-electron chi connectivity index (χ4n) is 5.31. The van der Waals surface area contributed by atoms with Crippen molar-refractivity contribution in [2.45, 2.75) is 57.4 Å². The average molecular weight is 384 g/mol. The van der Waals surface area contributed by atoms with E-state index in [1.807, 2.05) is 11.9 Å². The number of likely N-dealkylation sites (N-methyl/N-ethyl adjacent to an activating group) is 2. The second-order valence-corrected chi connectivity index (χ2v) is 8.68. The zero-order valence-electron chi connectivity index (χ0n) is 17.3. The predicted molar refractivity (Wildman–Crippen MR) is 106 cm³/mol. The lowest BCUT2D eigenvalue weighted by molar-refractivity contribution is -0.134. The Morgan fingerprint density at radius 1 is 1.15 bits per heavy atom. The summed E-state index contributed by atoms with van der Waals surface area (Å²) >= 11 is 0. The normalized spacial score (nSPS) is 35.7. The standard InChI is InChI=1S/C20H38FN5O/c1-4-17-19(22)20(16(21)13-25(17)5-2)26-8-6-15(7-9-26)12-24-11-10-23(3)18(27)14-24/h15-17,19-20H,4-14,22H2,1-3H3. The number of piperazine rings is 1. The van der Waals surface area contributed by atoms with Crippen LogP contribution in [0.2, 0.25) is 0 Å². The van der Waals surface area contributed by atoms with Crippen molar-refractivity contribution < 1.29 is 9.18 Å². The van der Waals surface area contributed by atoms with E-state index in [9.17, 15) is 9.18 Å². The molecule has 0 saturated carbocycles. The smallest absolute Gasteiger partial charge is 0.236 e. The van der Waals surface area contributed by atoms with Crippen LogP contribution < -0.4 is 5.73 Å². The van der Waals surface area contributed by atoms with E-state index < -0.39 is 6.17 Å². The van der Waals surface area contributed by atoms with Gasteiger partial charge in [0.05, 0.1) is 12.6 Å². The summed E-state index contributed by atoms with van der Waals surface area (Å²) in [5.41, 5.74) is 6.56. The molecule has 1 amide bonds. The SMILES string of the molecule is CCC1C(N)C(N2CCC(CN3CCN(C)C(=O)C3)CC2)C(F)CN1CC. The molecule has 0 radical (unpaired) electrons. The first-order valence-corrected chi connectivity index (χ1v) is 10.8. The maximum absolute atomic E-state index is 15.0. The molecule has 3 fully saturated rings. The van der Waals surface area contributed by atoms with Gasteiger partial charge in [-0.15, -0.1) is 0 Å². The van der Waals surface area contributed by atoms with Gasteiger partial charge < -0.3 is 10.6 Å². The number of nitrogens with two attached hydrogens (primary N) is 1. The molecular formula is C20H38FN5O. The second-order valence-electron chi connectivity index (χ2n) is 8.68. The van der Waals surface area contributed by atoms with E-state index in [1.165, 1.54) is 0 Å². The van der Waals surface area contributed by atoms with Crippen LogP contribution in [-0.2, 0) is 4.79 Å². The van der Waals surface area contributed by atoms with Gasteiger partial charge in [0.15, 0.2) is 0 Å². The molecule has 7 heteroatoms. The van der Waals surface area contributed by atoms with Crippen LogP contribution >= 0.6 is 0 Å². The minimum atomic E-state index is -0.866. The number of piperidine rings is 2. The molecule has 4 atom stereocenters. The summed E-state index contributed by atoms with van der Waals surface area (Å²) < 4.78 is 15.0. The lowest BCUT2D eigenvalue weighted by atomic mass is 9.85. The molecule has 0 aliphatic carbocycles. The summed E-state index contributed by atoms with van der Waals surface area (Å²) in [5.74, 6) is 0.822. The van der Waals surface area contributed by atoms with E-state index >= 15 is 0 Å². The lowest BCUT2D eigenvalue weighted by Crippen LogP contribution is -2.68. The molecular weight excluding hydrogens is 345 g/mol. The van der Waals surface area contributed by atoms with Crippen molar-refractivity contribution >= 4 is 5.91 Å². The van der Waals surface area contributed by atoms with Gasteiger partial charge >= 0.3 is 0 Å². The van der Waals surface area contributed by atoms with Gasteiger partial charge in [0.1, 0.15) is 6.17 Å². The highest BCUT2D eigenvalue weighted by Gasteiger charge is 2.44. The molecule has 6 nitrogen and oxygen atoms in total. The zero-order chi connectivity index (χ0) is 19.6. The second kappa shape index (κ2) is 9.16. The van der Waals surface area contributed by atoms with Crippen molar-refractivity contribution in [2.75, 3.05) is 59.4 Å². The third-order valence-corrected chi connectivity index (χ3v) is 7.04. The molecule has 3 heterocycles. The van der Waals surface area contributed by atoms with E-state index in [0.717, 1.165) is 58.5 Å². The number of halogens is 1. The predicted octanol–water partition coefficient (Wildman–Crippen LogP) is 0.621. The van der Waals surface area contributed by atoms with Crippen molar-refractivity contribution in [1.82, 2.24) is 19.6 Å². The third-order valence-electron chi connectivity index (χ3n) is 7.04. The van der Waals surface area contributed by atoms with Gasteiger partial charge in [-0.2, -0.15) is 0 Å². The van der Waals surface area contributed by atoms with E-state index in [2.05, 4.69) is 28.5 Å². The van der Waals surface area contributed by atoms with Gasteiger partial charge in [0, 0.05) is 45.3 Å². The number of hydrogen-bond donors (Lipinski definition) is 1. The van der Waals surface area contributed by atoms with Crippen molar-refractivity contribution in [3.63, 3.8) is 0 Å². The first-order valence-electron chi connectivity index (χ1n) is 10.8. The molecule has 2 N–H and O–H groups in total. The molecule has 27 heavy (non-hydrogen) atoms. The highest BCUT2D eigenvalue weighted by atomic mass is 19.1. The van der Waals surface area contributed by atoms with E-state index in [1.54, 1.807) is 0 Å². The fraction of sp³-hybridized carbons (Fsp3) is 0.950. The van der Waals surface area contributed by atoms with Crippen LogP contribution in [0.4, 0.5) is 4.39 Å². The van der Waals surface area contributed by atoms with Gasteiger partial charge in [-0.1, -0.05) is 13.8 Å². The Balaban J connectivity index is 1.52. The van der Waals surface area contributed by atoms with Crippen LogP contribution in [0.5, 0.6) is 0 Å². The summed E-state index contributed by atoms with van der Waals surface area (Å²) in [6, 6.07) is 0.00972. The molecule has 3 aliphatic rings. The Labute approximate surface area is 163 Å². The topological polar surface area (TPSA) is 56.1 Å². The summed E-state index contributed by atoms with van der Waals surface area (Å²) in [4.78, 5) is 20.5. The van der Waals surface area contributed by atoms with Crippen molar-refractivity contribution in [1.29, 1.82) is 0 Å². The minimum Gasteiger partial charge on any atom is -0.343 e. The average Bonchev–Trinajstić information content (AvgIpc) is 2.65. The highest BCUT2D eigenvalue weighted by Crippen LogP contribution is 2.29. The van der Waals surface area contributed by atoms with Crippen LogP contribution in [0.25, 0.3) is 0 Å². The number of rotatable bonds is 5. The van der Waals surface area contributed by atoms with Gasteiger partial charge in [-0.3, -0.25) is 19.5 Å². The molecule has 0 bridgehead atoms. The van der Waals surface area contributed by atoms with Gasteiger partial charge in [0.2, 0.25) is 5.91 Å². The monoisotopic (exact) mass is 383 g/mol. The fourth-order valence-corrected chi connectivity index (χ4v) is 5.31. The Morgan fingerprint density at radius 3 is 2.44 bits per heavy atom. The van der Waals surface area contributed by atoms with Crippen LogP contribution in [0.3, 0.4) is 0 Å².